The Hall–Kier alpha value is -0.960. The van der Waals surface area contributed by atoms with Crippen LogP contribution in [0.1, 0.15) is 42.4 Å². The molecule has 0 aliphatic heterocycles. The summed E-state index contributed by atoms with van der Waals surface area (Å²) in [5.74, 6) is -2.07. The van der Waals surface area contributed by atoms with Gasteiger partial charge in [0.15, 0.2) is 0 Å². The van der Waals surface area contributed by atoms with Crippen LogP contribution in [0.3, 0.4) is 0 Å². The van der Waals surface area contributed by atoms with Gasteiger partial charge in [-0.25, -0.2) is 8.78 Å². The molecule has 1 nitrogen and oxygen atoms in total. The van der Waals surface area contributed by atoms with Crippen molar-refractivity contribution in [3.05, 3.63) is 34.9 Å². The fourth-order valence-corrected chi connectivity index (χ4v) is 3.15. The number of rotatable bonds is 4. The first-order chi connectivity index (χ1) is 9.41. The monoisotopic (exact) mass is 281 g/mol. The van der Waals surface area contributed by atoms with Crippen LogP contribution in [0.2, 0.25) is 0 Å². The molecule has 0 heterocycles. The van der Waals surface area contributed by atoms with Crippen LogP contribution in [0.5, 0.6) is 0 Å². The zero-order chi connectivity index (χ0) is 14.8. The summed E-state index contributed by atoms with van der Waals surface area (Å²) in [5.41, 5.74) is 3.89. The zero-order valence-electron chi connectivity index (χ0n) is 12.7. The van der Waals surface area contributed by atoms with E-state index in [4.69, 9.17) is 0 Å². The fraction of sp³-hybridized carbons (Fsp3) is 0.647. The number of benzene rings is 1. The summed E-state index contributed by atoms with van der Waals surface area (Å²) >= 11 is 0. The highest BCUT2D eigenvalue weighted by Crippen LogP contribution is 2.38. The molecule has 20 heavy (non-hydrogen) atoms. The van der Waals surface area contributed by atoms with Crippen molar-refractivity contribution < 1.29 is 8.78 Å². The van der Waals surface area contributed by atoms with E-state index in [0.29, 0.717) is 24.8 Å². The van der Waals surface area contributed by atoms with Crippen LogP contribution in [-0.2, 0) is 6.42 Å². The Kier molecular flexibility index (Phi) is 4.79. The highest BCUT2D eigenvalue weighted by molar-refractivity contribution is 5.30. The second kappa shape index (κ2) is 6.21. The molecule has 1 N–H and O–H groups in total. The van der Waals surface area contributed by atoms with Crippen LogP contribution >= 0.6 is 0 Å². The van der Waals surface area contributed by atoms with Crippen molar-refractivity contribution in [3.63, 3.8) is 0 Å². The van der Waals surface area contributed by atoms with E-state index in [2.05, 4.69) is 37.4 Å². The third-order valence-corrected chi connectivity index (χ3v) is 4.73. The number of aryl methyl sites for hydroxylation is 2. The smallest absolute Gasteiger partial charge is 0.248 e. The van der Waals surface area contributed by atoms with Crippen LogP contribution in [-0.4, -0.2) is 19.0 Å². The summed E-state index contributed by atoms with van der Waals surface area (Å²) in [5, 5.41) is 3.34. The number of nitrogens with one attached hydrogen (secondary N) is 1. The van der Waals surface area contributed by atoms with Gasteiger partial charge in [-0.15, -0.1) is 0 Å². The molecule has 112 valence electrons. The van der Waals surface area contributed by atoms with E-state index in [-0.39, 0.29) is 12.8 Å². The van der Waals surface area contributed by atoms with Crippen molar-refractivity contribution >= 4 is 0 Å². The van der Waals surface area contributed by atoms with E-state index in [1.807, 2.05) is 7.05 Å². The number of hydrogen-bond acceptors (Lipinski definition) is 1. The highest BCUT2D eigenvalue weighted by atomic mass is 19.3. The van der Waals surface area contributed by atoms with E-state index < -0.39 is 5.92 Å². The van der Waals surface area contributed by atoms with E-state index in [1.165, 1.54) is 16.7 Å². The molecule has 0 saturated heterocycles. The average Bonchev–Trinajstić information content (AvgIpc) is 2.40. The quantitative estimate of drug-likeness (QED) is 0.869. The Balaban J connectivity index is 2.00. The fourth-order valence-electron chi connectivity index (χ4n) is 3.15. The van der Waals surface area contributed by atoms with Crippen molar-refractivity contribution in [1.29, 1.82) is 0 Å². The third kappa shape index (κ3) is 3.78. The maximum atomic E-state index is 13.2. The second-order valence-corrected chi connectivity index (χ2v) is 6.21. The molecule has 0 bridgehead atoms. The first-order valence-electron chi connectivity index (χ1n) is 7.52. The molecule has 1 aliphatic rings. The third-order valence-electron chi connectivity index (χ3n) is 4.73. The van der Waals surface area contributed by atoms with Gasteiger partial charge in [0.1, 0.15) is 0 Å². The lowest BCUT2D eigenvalue weighted by atomic mass is 9.80. The van der Waals surface area contributed by atoms with Gasteiger partial charge < -0.3 is 5.32 Å². The summed E-state index contributed by atoms with van der Waals surface area (Å²) in [6.45, 7) is 4.23. The molecular weight excluding hydrogens is 256 g/mol. The lowest BCUT2D eigenvalue weighted by Crippen LogP contribution is -2.39. The van der Waals surface area contributed by atoms with E-state index in [1.54, 1.807) is 0 Å². The van der Waals surface area contributed by atoms with Gasteiger partial charge in [0.2, 0.25) is 5.92 Å². The molecule has 0 spiro atoms. The van der Waals surface area contributed by atoms with E-state index in [9.17, 15) is 8.78 Å². The molecular formula is C17H25F2N. The van der Waals surface area contributed by atoms with Crippen molar-refractivity contribution in [1.82, 2.24) is 5.32 Å². The number of hydrogen-bond donors (Lipinski definition) is 1. The van der Waals surface area contributed by atoms with Gasteiger partial charge in [-0.3, -0.25) is 0 Å². The topological polar surface area (TPSA) is 12.0 Å². The molecule has 2 rings (SSSR count). The zero-order valence-corrected chi connectivity index (χ0v) is 12.7. The van der Waals surface area contributed by atoms with Gasteiger partial charge in [-0.05, 0) is 62.8 Å². The summed E-state index contributed by atoms with van der Waals surface area (Å²) in [4.78, 5) is 0. The molecule has 0 amide bonds. The molecule has 1 fully saturated rings. The Morgan fingerprint density at radius 2 is 1.85 bits per heavy atom. The van der Waals surface area contributed by atoms with Gasteiger partial charge in [-0.1, -0.05) is 18.2 Å². The molecule has 1 atom stereocenters. The molecule has 0 aromatic heterocycles. The molecule has 3 heteroatoms. The van der Waals surface area contributed by atoms with Gasteiger partial charge in [0, 0.05) is 18.9 Å². The van der Waals surface area contributed by atoms with Crippen molar-refractivity contribution in [2.45, 2.75) is 57.9 Å². The second-order valence-electron chi connectivity index (χ2n) is 6.21. The first-order valence-corrected chi connectivity index (χ1v) is 7.52. The van der Waals surface area contributed by atoms with Crippen LogP contribution in [0, 0.1) is 19.8 Å². The van der Waals surface area contributed by atoms with Crippen LogP contribution in [0.15, 0.2) is 18.2 Å². The minimum Gasteiger partial charge on any atom is -0.316 e. The normalized spacial score (nSPS) is 20.9. The Morgan fingerprint density at radius 3 is 2.40 bits per heavy atom. The van der Waals surface area contributed by atoms with Gasteiger partial charge in [-0.2, -0.15) is 0 Å². The minimum atomic E-state index is -2.44. The summed E-state index contributed by atoms with van der Waals surface area (Å²) in [6, 6.07) is 6.82. The maximum Gasteiger partial charge on any atom is 0.248 e. The SMILES string of the molecule is CNC(Cc1ccc(C)c(C)c1)C1CCC(F)(F)CC1. The summed E-state index contributed by atoms with van der Waals surface area (Å²) in [6.07, 6.45) is 2.27. The summed E-state index contributed by atoms with van der Waals surface area (Å²) < 4.78 is 26.5. The maximum absolute atomic E-state index is 13.2. The molecule has 1 aromatic rings. The van der Waals surface area contributed by atoms with Gasteiger partial charge in [0.05, 0.1) is 0 Å². The Morgan fingerprint density at radius 1 is 1.20 bits per heavy atom. The van der Waals surface area contributed by atoms with Gasteiger partial charge in [0.25, 0.3) is 0 Å². The molecule has 1 aromatic carbocycles. The molecule has 1 aliphatic carbocycles. The number of likely N-dealkylation sites (N-methyl/N-ethyl adjacent to an activating group) is 1. The average molecular weight is 281 g/mol. The Labute approximate surface area is 120 Å². The largest absolute Gasteiger partial charge is 0.316 e. The highest BCUT2D eigenvalue weighted by Gasteiger charge is 2.37. The standard InChI is InChI=1S/C17H25F2N/c1-12-4-5-14(10-13(12)2)11-16(20-3)15-6-8-17(18,19)9-7-15/h4-5,10,15-16,20H,6-9,11H2,1-3H3. The number of halogens is 2. The van der Waals surface area contributed by atoms with Crippen LogP contribution in [0.4, 0.5) is 8.78 Å². The number of alkyl halides is 2. The van der Waals surface area contributed by atoms with E-state index in [0.717, 1.165) is 6.42 Å². The molecule has 1 saturated carbocycles. The summed E-state index contributed by atoms with van der Waals surface area (Å²) in [7, 11) is 1.94. The van der Waals surface area contributed by atoms with Gasteiger partial charge >= 0.3 is 0 Å². The lowest BCUT2D eigenvalue weighted by Gasteiger charge is -2.33. The Bertz CT molecular complexity index is 446. The molecule has 1 unspecified atom stereocenters. The minimum absolute atomic E-state index is 0.0444. The lowest BCUT2D eigenvalue weighted by molar-refractivity contribution is -0.0492. The molecule has 0 radical (unpaired) electrons. The van der Waals surface area contributed by atoms with Crippen molar-refractivity contribution in [2.75, 3.05) is 7.05 Å². The van der Waals surface area contributed by atoms with Crippen molar-refractivity contribution in [3.8, 4) is 0 Å². The van der Waals surface area contributed by atoms with Crippen molar-refractivity contribution in [2.24, 2.45) is 5.92 Å². The van der Waals surface area contributed by atoms with Crippen LogP contribution in [0.25, 0.3) is 0 Å². The predicted octanol–water partition coefficient (Wildman–Crippen LogP) is 4.26. The van der Waals surface area contributed by atoms with E-state index >= 15 is 0 Å². The predicted molar refractivity (Wildman–Crippen MR) is 79.4 cm³/mol. The first kappa shape index (κ1) is 15.4. The van der Waals surface area contributed by atoms with Crippen LogP contribution < -0.4 is 5.32 Å².